The van der Waals surface area contributed by atoms with Gasteiger partial charge in [0.15, 0.2) is 0 Å². The third-order valence-corrected chi connectivity index (χ3v) is 5.13. The van der Waals surface area contributed by atoms with Gasteiger partial charge in [0.25, 0.3) is 0 Å². The van der Waals surface area contributed by atoms with Gasteiger partial charge in [-0.15, -0.1) is 6.58 Å². The second-order valence-corrected chi connectivity index (χ2v) is 7.73. The minimum atomic E-state index is 0.0506. The van der Waals surface area contributed by atoms with Crippen molar-refractivity contribution < 1.29 is 9.47 Å². The van der Waals surface area contributed by atoms with Crippen LogP contribution in [0, 0.1) is 0 Å². The molecule has 2 aliphatic heterocycles. The fraction of sp³-hybridized carbons (Fsp3) is 0.304. The molecule has 0 radical (unpaired) electrons. The Kier molecular flexibility index (Phi) is 3.83. The van der Waals surface area contributed by atoms with Crippen LogP contribution in [-0.2, 0) is 0 Å². The summed E-state index contributed by atoms with van der Waals surface area (Å²) in [6.45, 7) is 10.6. The van der Waals surface area contributed by atoms with E-state index in [4.69, 9.17) is 9.47 Å². The summed E-state index contributed by atoms with van der Waals surface area (Å²) in [7, 11) is 1.71. The average molecular weight is 347 g/mol. The first-order chi connectivity index (χ1) is 12.4. The molecule has 0 fully saturated rings. The molecule has 4 rings (SSSR count). The van der Waals surface area contributed by atoms with E-state index >= 15 is 0 Å². The van der Waals surface area contributed by atoms with Crippen molar-refractivity contribution in [3.05, 3.63) is 53.4 Å². The van der Waals surface area contributed by atoms with E-state index in [0.29, 0.717) is 6.42 Å². The first-order valence-electron chi connectivity index (χ1n) is 9.05. The van der Waals surface area contributed by atoms with Crippen LogP contribution in [0.3, 0.4) is 0 Å². The van der Waals surface area contributed by atoms with E-state index in [1.54, 1.807) is 7.11 Å². The second kappa shape index (κ2) is 5.94. The number of methoxy groups -OCH3 is 1. The highest BCUT2D eigenvalue weighted by atomic mass is 16.5. The Balaban J connectivity index is 2.14. The molecule has 0 spiro atoms. The van der Waals surface area contributed by atoms with Crippen LogP contribution < -0.4 is 25.2 Å². The van der Waals surface area contributed by atoms with Crippen molar-refractivity contribution in [2.45, 2.75) is 39.2 Å². The predicted molar refractivity (Wildman–Crippen MR) is 108 cm³/mol. The molecule has 0 atom stereocenters. The minimum absolute atomic E-state index is 0.0506. The fourth-order valence-corrected chi connectivity index (χ4v) is 4.30. The van der Waals surface area contributed by atoms with Crippen molar-refractivity contribution in [3.8, 4) is 22.6 Å². The van der Waals surface area contributed by atoms with Gasteiger partial charge in [-0.2, -0.15) is 0 Å². The Bertz CT molecular complexity index is 1030. The van der Waals surface area contributed by atoms with Crippen molar-refractivity contribution in [2.24, 2.45) is 0 Å². The average Bonchev–Trinajstić information content (AvgIpc) is 2.59. The van der Waals surface area contributed by atoms with Crippen LogP contribution in [0.5, 0.6) is 11.5 Å². The van der Waals surface area contributed by atoms with Crippen LogP contribution in [0.2, 0.25) is 0 Å². The topological polar surface area (TPSA) is 30.5 Å². The number of benzene rings is 2. The zero-order valence-corrected chi connectivity index (χ0v) is 15.9. The van der Waals surface area contributed by atoms with E-state index in [9.17, 15) is 0 Å². The summed E-state index contributed by atoms with van der Waals surface area (Å²) in [4.78, 5) is 0. The highest BCUT2D eigenvalue weighted by Gasteiger charge is 2.28. The molecule has 2 aliphatic rings. The highest BCUT2D eigenvalue weighted by Crippen LogP contribution is 2.41. The van der Waals surface area contributed by atoms with Crippen LogP contribution in [0.4, 0.5) is 5.69 Å². The molecule has 0 saturated heterocycles. The van der Waals surface area contributed by atoms with Gasteiger partial charge >= 0.3 is 0 Å². The normalized spacial score (nSPS) is 16.6. The van der Waals surface area contributed by atoms with Crippen molar-refractivity contribution in [2.75, 3.05) is 12.4 Å². The Hall–Kier alpha value is -2.68. The first kappa shape index (κ1) is 16.8. The Morgan fingerprint density at radius 2 is 2.04 bits per heavy atom. The van der Waals surface area contributed by atoms with E-state index < -0.39 is 0 Å². The molecular formula is C23H25NO2. The smallest absolute Gasteiger partial charge is 0.138 e. The maximum absolute atomic E-state index is 6.33. The van der Waals surface area contributed by atoms with Crippen molar-refractivity contribution in [1.82, 2.24) is 0 Å². The second-order valence-electron chi connectivity index (χ2n) is 7.73. The van der Waals surface area contributed by atoms with E-state index in [0.717, 1.165) is 29.2 Å². The molecule has 0 aromatic heterocycles. The van der Waals surface area contributed by atoms with Gasteiger partial charge < -0.3 is 14.8 Å². The SMILES string of the molecule is C=CCC1=c2c(ccc3c2=C(C)CC(C)(C)N3)-c2c(OC)cccc2O1. The summed E-state index contributed by atoms with van der Waals surface area (Å²) < 4.78 is 12.0. The first-order valence-corrected chi connectivity index (χ1v) is 9.05. The summed E-state index contributed by atoms with van der Waals surface area (Å²) in [5.74, 6) is 2.63. The zero-order valence-electron chi connectivity index (χ0n) is 15.9. The summed E-state index contributed by atoms with van der Waals surface area (Å²) >= 11 is 0. The maximum Gasteiger partial charge on any atom is 0.138 e. The lowest BCUT2D eigenvalue weighted by molar-refractivity contribution is 0.411. The lowest BCUT2D eigenvalue weighted by Gasteiger charge is -2.34. The predicted octanol–water partition coefficient (Wildman–Crippen LogP) is 4.20. The van der Waals surface area contributed by atoms with E-state index in [2.05, 4.69) is 44.8 Å². The van der Waals surface area contributed by atoms with Gasteiger partial charge in [0.05, 0.1) is 12.7 Å². The van der Waals surface area contributed by atoms with Crippen molar-refractivity contribution >= 4 is 17.0 Å². The van der Waals surface area contributed by atoms with Gasteiger partial charge in [-0.05, 0) is 45.4 Å². The largest absolute Gasteiger partial charge is 0.496 e. The molecular weight excluding hydrogens is 322 g/mol. The van der Waals surface area contributed by atoms with Crippen LogP contribution in [0.15, 0.2) is 43.0 Å². The number of anilines is 1. The quantitative estimate of drug-likeness (QED) is 0.844. The molecule has 2 heterocycles. The molecule has 1 N–H and O–H groups in total. The molecule has 2 aromatic carbocycles. The van der Waals surface area contributed by atoms with Crippen molar-refractivity contribution in [1.29, 1.82) is 0 Å². The monoisotopic (exact) mass is 347 g/mol. The maximum atomic E-state index is 6.33. The molecule has 0 saturated carbocycles. The van der Waals surface area contributed by atoms with Crippen LogP contribution in [-0.4, -0.2) is 12.6 Å². The summed E-state index contributed by atoms with van der Waals surface area (Å²) in [6, 6.07) is 10.3. The molecule has 0 aliphatic carbocycles. The summed E-state index contributed by atoms with van der Waals surface area (Å²) in [5, 5.41) is 6.11. The Labute approximate surface area is 154 Å². The van der Waals surface area contributed by atoms with Gasteiger partial charge in [0.2, 0.25) is 0 Å². The Morgan fingerprint density at radius 1 is 1.23 bits per heavy atom. The molecule has 26 heavy (non-hydrogen) atoms. The number of fused-ring (bicyclic) bond motifs is 5. The van der Waals surface area contributed by atoms with Gasteiger partial charge in [0, 0.05) is 33.6 Å². The highest BCUT2D eigenvalue weighted by molar-refractivity contribution is 5.84. The van der Waals surface area contributed by atoms with Gasteiger partial charge in [-0.1, -0.05) is 23.8 Å². The van der Waals surface area contributed by atoms with E-state index in [1.807, 2.05) is 24.3 Å². The Morgan fingerprint density at radius 3 is 2.77 bits per heavy atom. The van der Waals surface area contributed by atoms with Crippen molar-refractivity contribution in [3.63, 3.8) is 0 Å². The third-order valence-electron chi connectivity index (χ3n) is 5.13. The molecule has 0 amide bonds. The minimum Gasteiger partial charge on any atom is -0.496 e. The standard InChI is InChI=1S/C23H25NO2/c1-6-8-18-22-15(21-17(25-5)9-7-10-19(21)26-18)11-12-16-20(22)14(2)13-23(3,4)24-16/h6-7,9-12,24H,1,8,13H2,2-5H3. The fourth-order valence-electron chi connectivity index (χ4n) is 4.30. The van der Waals surface area contributed by atoms with E-state index in [-0.39, 0.29) is 5.54 Å². The molecule has 0 bridgehead atoms. The summed E-state index contributed by atoms with van der Waals surface area (Å²) in [6.07, 6.45) is 3.59. The number of hydrogen-bond acceptors (Lipinski definition) is 3. The van der Waals surface area contributed by atoms with E-state index in [1.165, 1.54) is 27.3 Å². The van der Waals surface area contributed by atoms with Crippen LogP contribution in [0.25, 0.3) is 22.5 Å². The number of nitrogens with one attached hydrogen (secondary N) is 1. The van der Waals surface area contributed by atoms with Crippen LogP contribution in [0.1, 0.15) is 33.6 Å². The lowest BCUT2D eigenvalue weighted by Crippen LogP contribution is -2.45. The summed E-state index contributed by atoms with van der Waals surface area (Å²) in [5.41, 5.74) is 4.79. The third kappa shape index (κ3) is 2.50. The number of hydrogen-bond donors (Lipinski definition) is 1. The van der Waals surface area contributed by atoms with Gasteiger partial charge in [0.1, 0.15) is 17.3 Å². The molecule has 3 heteroatoms. The lowest BCUT2D eigenvalue weighted by atomic mass is 9.86. The molecule has 2 aromatic rings. The molecule has 134 valence electrons. The van der Waals surface area contributed by atoms with Gasteiger partial charge in [-0.25, -0.2) is 0 Å². The molecule has 0 unspecified atom stereocenters. The zero-order chi connectivity index (χ0) is 18.5. The number of rotatable bonds is 3. The molecule has 3 nitrogen and oxygen atoms in total. The van der Waals surface area contributed by atoms with Crippen LogP contribution >= 0.6 is 0 Å². The number of ether oxygens (including phenoxy) is 2. The van der Waals surface area contributed by atoms with Gasteiger partial charge in [-0.3, -0.25) is 0 Å².